The van der Waals surface area contributed by atoms with Gasteiger partial charge in [0.15, 0.2) is 0 Å². The van der Waals surface area contributed by atoms with Crippen LogP contribution in [0.1, 0.15) is 46.8 Å². The van der Waals surface area contributed by atoms with Crippen LogP contribution in [0.2, 0.25) is 0 Å². The van der Waals surface area contributed by atoms with Crippen LogP contribution in [0.4, 0.5) is 16.2 Å². The highest BCUT2D eigenvalue weighted by molar-refractivity contribution is 6.05. The second-order valence-electron chi connectivity index (χ2n) is 7.85. The molecule has 168 valence electrons. The third-order valence-electron chi connectivity index (χ3n) is 5.45. The number of carbonyl (C=O) groups excluding carboxylic acids is 2. The molecule has 0 atom stereocenters. The van der Waals surface area contributed by atoms with E-state index >= 15 is 0 Å². The number of nitriles is 1. The molecule has 33 heavy (non-hydrogen) atoms. The molecule has 3 N–H and O–H groups in total. The van der Waals surface area contributed by atoms with Gasteiger partial charge in [0.2, 0.25) is 0 Å². The van der Waals surface area contributed by atoms with Gasteiger partial charge in [-0.2, -0.15) is 5.26 Å². The highest BCUT2D eigenvalue weighted by Gasteiger charge is 2.15. The number of anilines is 2. The Kier molecular flexibility index (Phi) is 6.95. The van der Waals surface area contributed by atoms with Crippen molar-refractivity contribution in [2.75, 3.05) is 17.2 Å². The Morgan fingerprint density at radius 1 is 1.00 bits per heavy atom. The summed E-state index contributed by atoms with van der Waals surface area (Å²) in [5.41, 5.74) is 1.88. The lowest BCUT2D eigenvalue weighted by Crippen LogP contribution is -2.31. The van der Waals surface area contributed by atoms with Gasteiger partial charge in [-0.3, -0.25) is 4.79 Å². The molecule has 1 aromatic heterocycles. The van der Waals surface area contributed by atoms with Crippen LogP contribution >= 0.6 is 0 Å². The lowest BCUT2D eigenvalue weighted by Gasteiger charge is -2.10. The lowest BCUT2D eigenvalue weighted by atomic mass is 10.1. The van der Waals surface area contributed by atoms with Gasteiger partial charge in [-0.05, 0) is 49.2 Å². The zero-order valence-electron chi connectivity index (χ0n) is 18.2. The first-order valence-electron chi connectivity index (χ1n) is 11.0. The number of hydrogen-bond acceptors (Lipinski definition) is 5. The van der Waals surface area contributed by atoms with Crippen molar-refractivity contribution in [1.29, 1.82) is 5.26 Å². The van der Waals surface area contributed by atoms with E-state index in [1.807, 2.05) is 6.07 Å². The SMILES string of the molecule is N#Cc1cccc(NC(=O)c2cccc(NC(=O)NCCc3nnc4n3CCCCC4)c2)c1. The van der Waals surface area contributed by atoms with Gasteiger partial charge in [-0.25, -0.2) is 4.79 Å². The van der Waals surface area contributed by atoms with E-state index in [0.717, 1.165) is 37.5 Å². The Morgan fingerprint density at radius 3 is 2.67 bits per heavy atom. The Balaban J connectivity index is 1.30. The number of urea groups is 1. The van der Waals surface area contributed by atoms with Crippen LogP contribution < -0.4 is 16.0 Å². The third-order valence-corrected chi connectivity index (χ3v) is 5.45. The van der Waals surface area contributed by atoms with E-state index in [9.17, 15) is 9.59 Å². The number of aromatic nitrogens is 3. The van der Waals surface area contributed by atoms with E-state index in [0.29, 0.717) is 35.5 Å². The summed E-state index contributed by atoms with van der Waals surface area (Å²) in [6.07, 6.45) is 5.02. The fourth-order valence-electron chi connectivity index (χ4n) is 3.80. The van der Waals surface area contributed by atoms with Crippen LogP contribution in [-0.4, -0.2) is 33.2 Å². The van der Waals surface area contributed by atoms with Crippen molar-refractivity contribution in [3.63, 3.8) is 0 Å². The Labute approximate surface area is 191 Å². The van der Waals surface area contributed by atoms with Crippen molar-refractivity contribution in [1.82, 2.24) is 20.1 Å². The van der Waals surface area contributed by atoms with E-state index in [-0.39, 0.29) is 11.9 Å². The van der Waals surface area contributed by atoms with E-state index in [1.165, 1.54) is 6.42 Å². The molecule has 0 saturated carbocycles. The zero-order valence-corrected chi connectivity index (χ0v) is 18.2. The molecule has 0 aliphatic carbocycles. The molecule has 9 nitrogen and oxygen atoms in total. The van der Waals surface area contributed by atoms with Crippen molar-refractivity contribution in [2.45, 2.75) is 38.6 Å². The van der Waals surface area contributed by atoms with Crippen molar-refractivity contribution >= 4 is 23.3 Å². The van der Waals surface area contributed by atoms with E-state index in [2.05, 4.69) is 30.7 Å². The van der Waals surface area contributed by atoms with Crippen molar-refractivity contribution in [2.24, 2.45) is 0 Å². The Morgan fingerprint density at radius 2 is 1.82 bits per heavy atom. The first-order valence-corrected chi connectivity index (χ1v) is 11.0. The molecule has 9 heteroatoms. The molecule has 4 rings (SSSR count). The van der Waals surface area contributed by atoms with Gasteiger partial charge in [0.05, 0.1) is 11.6 Å². The molecule has 0 spiro atoms. The van der Waals surface area contributed by atoms with Gasteiger partial charge in [0, 0.05) is 42.9 Å². The Bertz CT molecular complexity index is 1200. The molecule has 2 heterocycles. The highest BCUT2D eigenvalue weighted by atomic mass is 16.2. The maximum atomic E-state index is 12.6. The Hall–Kier alpha value is -4.19. The zero-order chi connectivity index (χ0) is 23.0. The minimum Gasteiger partial charge on any atom is -0.337 e. The predicted octanol–water partition coefficient (Wildman–Crippen LogP) is 3.49. The molecule has 0 unspecified atom stereocenters. The smallest absolute Gasteiger partial charge is 0.319 e. The second-order valence-corrected chi connectivity index (χ2v) is 7.85. The fraction of sp³-hybridized carbons (Fsp3) is 0.292. The molecule has 2 aromatic carbocycles. The number of amides is 3. The van der Waals surface area contributed by atoms with Crippen molar-refractivity contribution in [3.05, 3.63) is 71.3 Å². The average molecular weight is 444 g/mol. The van der Waals surface area contributed by atoms with Crippen LogP contribution in [0.5, 0.6) is 0 Å². The van der Waals surface area contributed by atoms with Gasteiger partial charge in [0.25, 0.3) is 5.91 Å². The first-order chi connectivity index (χ1) is 16.1. The van der Waals surface area contributed by atoms with Crippen LogP contribution in [-0.2, 0) is 19.4 Å². The standard InChI is InChI=1S/C24H25N7O2/c25-16-17-6-4-8-19(14-17)27-23(32)18-7-5-9-20(15-18)28-24(33)26-12-11-22-30-29-21-10-2-1-3-13-31(21)22/h4-9,14-15H,1-3,10-13H2,(H,27,32)(H2,26,28,33). The normalized spacial score (nSPS) is 12.7. The quantitative estimate of drug-likeness (QED) is 0.538. The molecular weight excluding hydrogens is 418 g/mol. The number of nitrogens with zero attached hydrogens (tertiary/aromatic N) is 4. The summed E-state index contributed by atoms with van der Waals surface area (Å²) in [6, 6.07) is 15.0. The molecule has 0 radical (unpaired) electrons. The predicted molar refractivity (Wildman–Crippen MR) is 124 cm³/mol. The summed E-state index contributed by atoms with van der Waals surface area (Å²) in [7, 11) is 0. The summed E-state index contributed by atoms with van der Waals surface area (Å²) in [5, 5.41) is 25.9. The van der Waals surface area contributed by atoms with Crippen molar-refractivity contribution < 1.29 is 9.59 Å². The minimum absolute atomic E-state index is 0.332. The topological polar surface area (TPSA) is 125 Å². The van der Waals surface area contributed by atoms with Crippen LogP contribution in [0.25, 0.3) is 0 Å². The first kappa shape index (κ1) is 22.0. The molecular formula is C24H25N7O2. The number of aryl methyl sites for hydroxylation is 1. The van der Waals surface area contributed by atoms with Gasteiger partial charge >= 0.3 is 6.03 Å². The van der Waals surface area contributed by atoms with E-state index in [1.54, 1.807) is 48.5 Å². The summed E-state index contributed by atoms with van der Waals surface area (Å²) >= 11 is 0. The molecule has 1 aliphatic rings. The van der Waals surface area contributed by atoms with E-state index in [4.69, 9.17) is 5.26 Å². The molecule has 3 aromatic rings. The van der Waals surface area contributed by atoms with E-state index < -0.39 is 0 Å². The number of fused-ring (bicyclic) bond motifs is 1. The third kappa shape index (κ3) is 5.74. The van der Waals surface area contributed by atoms with Crippen LogP contribution in [0.3, 0.4) is 0 Å². The fourth-order valence-corrected chi connectivity index (χ4v) is 3.80. The largest absolute Gasteiger partial charge is 0.337 e. The molecule has 0 fully saturated rings. The molecule has 0 saturated heterocycles. The van der Waals surface area contributed by atoms with Gasteiger partial charge in [0.1, 0.15) is 11.6 Å². The second kappa shape index (κ2) is 10.4. The van der Waals surface area contributed by atoms with Gasteiger partial charge < -0.3 is 20.5 Å². The summed E-state index contributed by atoms with van der Waals surface area (Å²) in [4.78, 5) is 24.9. The average Bonchev–Trinajstić information content (AvgIpc) is 3.05. The van der Waals surface area contributed by atoms with Crippen LogP contribution in [0, 0.1) is 11.3 Å². The number of nitrogens with one attached hydrogen (secondary N) is 3. The van der Waals surface area contributed by atoms with Crippen LogP contribution in [0.15, 0.2) is 48.5 Å². The van der Waals surface area contributed by atoms with Gasteiger partial charge in [-0.1, -0.05) is 18.6 Å². The maximum Gasteiger partial charge on any atom is 0.319 e. The number of benzene rings is 2. The monoisotopic (exact) mass is 443 g/mol. The van der Waals surface area contributed by atoms with Crippen molar-refractivity contribution in [3.8, 4) is 6.07 Å². The summed E-state index contributed by atoms with van der Waals surface area (Å²) in [5.74, 6) is 1.59. The van der Waals surface area contributed by atoms with Gasteiger partial charge in [-0.15, -0.1) is 10.2 Å². The lowest BCUT2D eigenvalue weighted by molar-refractivity contribution is 0.102. The molecule has 1 aliphatic heterocycles. The highest BCUT2D eigenvalue weighted by Crippen LogP contribution is 2.16. The number of hydrogen-bond donors (Lipinski definition) is 3. The minimum atomic E-state index is -0.357. The molecule has 0 bridgehead atoms. The summed E-state index contributed by atoms with van der Waals surface area (Å²) < 4.78 is 2.17. The maximum absolute atomic E-state index is 12.6. The number of rotatable bonds is 6. The molecule has 3 amide bonds. The summed E-state index contributed by atoms with van der Waals surface area (Å²) in [6.45, 7) is 1.36. The number of carbonyl (C=O) groups is 2.